The van der Waals surface area contributed by atoms with Crippen LogP contribution in [0.3, 0.4) is 0 Å². The van der Waals surface area contributed by atoms with Gasteiger partial charge in [-0.15, -0.1) is 0 Å². The summed E-state index contributed by atoms with van der Waals surface area (Å²) in [6.07, 6.45) is 2.40. The average Bonchev–Trinajstić information content (AvgIpc) is 3.41. The summed E-state index contributed by atoms with van der Waals surface area (Å²) >= 11 is 0. The Kier molecular flexibility index (Phi) is 4.09. The van der Waals surface area contributed by atoms with Gasteiger partial charge in [0.25, 0.3) is 0 Å². The van der Waals surface area contributed by atoms with Gasteiger partial charge >= 0.3 is 0 Å². The van der Waals surface area contributed by atoms with Crippen LogP contribution in [-0.2, 0) is 17.8 Å². The summed E-state index contributed by atoms with van der Waals surface area (Å²) < 4.78 is 1.86. The van der Waals surface area contributed by atoms with Crippen LogP contribution in [0.15, 0.2) is 42.5 Å². The summed E-state index contributed by atoms with van der Waals surface area (Å²) in [5.74, 6) is 1.15. The number of ketones is 1. The predicted molar refractivity (Wildman–Crippen MR) is 109 cm³/mol. The van der Waals surface area contributed by atoms with Gasteiger partial charge in [0.05, 0.1) is 12.1 Å². The summed E-state index contributed by atoms with van der Waals surface area (Å²) in [4.78, 5) is 19.2. The number of fused-ring (bicyclic) bond motifs is 1. The molecular weight excluding hydrogens is 348 g/mol. The van der Waals surface area contributed by atoms with Crippen LogP contribution in [-0.4, -0.2) is 38.4 Å². The van der Waals surface area contributed by atoms with Crippen molar-refractivity contribution in [3.05, 3.63) is 53.9 Å². The number of aromatic nitrogens is 3. The first-order valence-electron chi connectivity index (χ1n) is 10.2. The van der Waals surface area contributed by atoms with Crippen LogP contribution in [0.1, 0.15) is 38.1 Å². The Morgan fingerprint density at radius 1 is 1.11 bits per heavy atom. The third-order valence-corrected chi connectivity index (χ3v) is 5.73. The van der Waals surface area contributed by atoms with Gasteiger partial charge in [-0.3, -0.25) is 9.69 Å². The monoisotopic (exact) mass is 374 g/mol. The van der Waals surface area contributed by atoms with Crippen molar-refractivity contribution in [1.29, 1.82) is 0 Å². The Morgan fingerprint density at radius 3 is 2.54 bits per heavy atom. The second-order valence-electron chi connectivity index (χ2n) is 9.13. The maximum atomic E-state index is 12.1. The van der Waals surface area contributed by atoms with Gasteiger partial charge in [-0.05, 0) is 36.0 Å². The van der Waals surface area contributed by atoms with Crippen LogP contribution in [0.4, 0.5) is 0 Å². The van der Waals surface area contributed by atoms with E-state index in [0.717, 1.165) is 49.4 Å². The van der Waals surface area contributed by atoms with E-state index in [4.69, 9.17) is 0 Å². The number of hydrogen-bond acceptors (Lipinski definition) is 4. The third kappa shape index (κ3) is 3.47. The lowest BCUT2D eigenvalue weighted by molar-refractivity contribution is -0.119. The van der Waals surface area contributed by atoms with Crippen LogP contribution >= 0.6 is 0 Å². The van der Waals surface area contributed by atoms with E-state index < -0.39 is 0 Å². The van der Waals surface area contributed by atoms with Gasteiger partial charge in [-0.1, -0.05) is 44.2 Å². The van der Waals surface area contributed by atoms with E-state index in [0.29, 0.717) is 17.7 Å². The summed E-state index contributed by atoms with van der Waals surface area (Å²) in [6, 6.07) is 14.7. The molecule has 3 heterocycles. The Bertz CT molecular complexity index is 1020. The zero-order valence-corrected chi connectivity index (χ0v) is 16.6. The first kappa shape index (κ1) is 17.6. The van der Waals surface area contributed by atoms with Crippen molar-refractivity contribution in [2.75, 3.05) is 13.1 Å². The molecule has 2 fully saturated rings. The van der Waals surface area contributed by atoms with E-state index in [9.17, 15) is 4.79 Å². The molecule has 0 bridgehead atoms. The highest BCUT2D eigenvalue weighted by atomic mass is 16.1. The molecule has 1 saturated carbocycles. The van der Waals surface area contributed by atoms with Crippen LogP contribution in [0.25, 0.3) is 16.9 Å². The number of rotatable bonds is 6. The maximum absolute atomic E-state index is 12.1. The van der Waals surface area contributed by atoms with E-state index in [1.165, 1.54) is 5.56 Å². The smallest absolute Gasteiger partial charge is 0.159 e. The van der Waals surface area contributed by atoms with Gasteiger partial charge in [-0.25, -0.2) is 9.50 Å². The molecule has 5 rings (SSSR count). The molecule has 0 atom stereocenters. The molecule has 0 N–H and O–H groups in total. The van der Waals surface area contributed by atoms with Gasteiger partial charge in [-0.2, -0.15) is 5.10 Å². The molecule has 3 aromatic rings. The van der Waals surface area contributed by atoms with Gasteiger partial charge in [0, 0.05) is 31.1 Å². The van der Waals surface area contributed by atoms with Gasteiger partial charge < -0.3 is 0 Å². The SMILES string of the molecule is CC1(C)CN(Cc2ccc(-c3cccc4nc(CC(=O)C5CC5)nn34)cc2)C1. The van der Waals surface area contributed by atoms with E-state index in [2.05, 4.69) is 59.2 Å². The lowest BCUT2D eigenvalue weighted by atomic mass is 9.84. The van der Waals surface area contributed by atoms with Crippen molar-refractivity contribution < 1.29 is 4.79 Å². The van der Waals surface area contributed by atoms with Crippen LogP contribution in [0.2, 0.25) is 0 Å². The minimum absolute atomic E-state index is 0.246. The second kappa shape index (κ2) is 6.52. The number of likely N-dealkylation sites (tertiary alicyclic amines) is 1. The highest BCUT2D eigenvalue weighted by molar-refractivity contribution is 5.84. The minimum Gasteiger partial charge on any atom is -0.299 e. The molecule has 1 aromatic carbocycles. The molecule has 5 nitrogen and oxygen atoms in total. The summed E-state index contributed by atoms with van der Waals surface area (Å²) in [7, 11) is 0. The molecule has 5 heteroatoms. The van der Waals surface area contributed by atoms with Crippen molar-refractivity contribution in [3.8, 4) is 11.3 Å². The fourth-order valence-electron chi connectivity index (χ4n) is 4.26. The first-order chi connectivity index (χ1) is 13.5. The Labute approximate surface area is 165 Å². The highest BCUT2D eigenvalue weighted by Gasteiger charge is 2.33. The quantitative estimate of drug-likeness (QED) is 0.659. The number of carbonyl (C=O) groups is 1. The molecule has 1 aliphatic heterocycles. The van der Waals surface area contributed by atoms with Crippen molar-refractivity contribution in [1.82, 2.24) is 19.5 Å². The first-order valence-corrected chi connectivity index (χ1v) is 10.2. The van der Waals surface area contributed by atoms with E-state index >= 15 is 0 Å². The standard InChI is InChI=1S/C23H26N4O/c1-23(2)14-26(15-23)13-16-6-8-17(9-7-16)19-4-3-5-22-24-21(25-27(19)22)12-20(28)18-10-11-18/h3-9,18H,10-15H2,1-2H3. The Hall–Kier alpha value is -2.53. The van der Waals surface area contributed by atoms with Crippen LogP contribution < -0.4 is 0 Å². The summed E-state index contributed by atoms with van der Waals surface area (Å²) in [5, 5.41) is 4.62. The van der Waals surface area contributed by atoms with Crippen molar-refractivity contribution in [3.63, 3.8) is 0 Å². The second-order valence-corrected chi connectivity index (χ2v) is 9.13. The van der Waals surface area contributed by atoms with E-state index in [1.807, 2.05) is 16.6 Å². The molecule has 0 unspecified atom stereocenters. The number of hydrogen-bond donors (Lipinski definition) is 0. The molecule has 1 saturated heterocycles. The third-order valence-electron chi connectivity index (χ3n) is 5.73. The number of carbonyl (C=O) groups excluding carboxylic acids is 1. The van der Waals surface area contributed by atoms with E-state index in [1.54, 1.807) is 0 Å². The van der Waals surface area contributed by atoms with Gasteiger partial charge in [0.2, 0.25) is 0 Å². The number of benzene rings is 1. The van der Waals surface area contributed by atoms with Crippen molar-refractivity contribution in [2.24, 2.45) is 11.3 Å². The fraction of sp³-hybridized carbons (Fsp3) is 0.435. The number of nitrogens with zero attached hydrogens (tertiary/aromatic N) is 4. The zero-order valence-electron chi connectivity index (χ0n) is 16.6. The van der Waals surface area contributed by atoms with E-state index in [-0.39, 0.29) is 11.7 Å². The Balaban J connectivity index is 1.36. The molecular formula is C23H26N4O. The molecule has 28 heavy (non-hydrogen) atoms. The largest absolute Gasteiger partial charge is 0.299 e. The molecule has 0 spiro atoms. The lowest BCUT2D eigenvalue weighted by Crippen LogP contribution is -2.52. The number of pyridine rings is 1. The molecule has 144 valence electrons. The van der Waals surface area contributed by atoms with Crippen LogP contribution in [0, 0.1) is 11.3 Å². The highest BCUT2D eigenvalue weighted by Crippen LogP contribution is 2.31. The minimum atomic E-state index is 0.246. The van der Waals surface area contributed by atoms with Gasteiger partial charge in [0.15, 0.2) is 11.5 Å². The molecule has 0 amide bonds. The lowest BCUT2D eigenvalue weighted by Gasteiger charge is -2.46. The predicted octanol–water partition coefficient (Wildman–Crippen LogP) is 3.76. The van der Waals surface area contributed by atoms with Gasteiger partial charge in [0.1, 0.15) is 5.78 Å². The summed E-state index contributed by atoms with van der Waals surface area (Å²) in [6.45, 7) is 7.96. The van der Waals surface area contributed by atoms with Crippen molar-refractivity contribution in [2.45, 2.75) is 39.7 Å². The normalized spacial score (nSPS) is 18.9. The zero-order chi connectivity index (χ0) is 19.3. The van der Waals surface area contributed by atoms with Crippen molar-refractivity contribution >= 4 is 11.4 Å². The topological polar surface area (TPSA) is 50.5 Å². The summed E-state index contributed by atoms with van der Waals surface area (Å²) in [5.41, 5.74) is 4.71. The number of Topliss-reactive ketones (excluding diaryl/α,β-unsaturated/α-hetero) is 1. The molecule has 0 radical (unpaired) electrons. The average molecular weight is 374 g/mol. The van der Waals surface area contributed by atoms with Crippen LogP contribution in [0.5, 0.6) is 0 Å². The Morgan fingerprint density at radius 2 is 1.86 bits per heavy atom. The maximum Gasteiger partial charge on any atom is 0.159 e. The fourth-order valence-corrected chi connectivity index (χ4v) is 4.26. The molecule has 1 aliphatic carbocycles. The molecule has 2 aromatic heterocycles. The molecule has 2 aliphatic rings.